The fraction of sp³-hybridized carbons (Fsp3) is 0.684. The van der Waals surface area contributed by atoms with Crippen molar-refractivity contribution in [2.24, 2.45) is 5.41 Å². The summed E-state index contributed by atoms with van der Waals surface area (Å²) < 4.78 is 13.1. The van der Waals surface area contributed by atoms with Crippen LogP contribution in [0.4, 0.5) is 4.39 Å². The maximum atomic E-state index is 13.1. The summed E-state index contributed by atoms with van der Waals surface area (Å²) in [7, 11) is 0. The second-order valence-electron chi connectivity index (χ2n) is 7.37. The third kappa shape index (κ3) is 5.10. The van der Waals surface area contributed by atoms with Crippen LogP contribution in [0.2, 0.25) is 0 Å². The first kappa shape index (κ1) is 16.5. The van der Waals surface area contributed by atoms with Crippen LogP contribution in [0.15, 0.2) is 24.3 Å². The largest absolute Gasteiger partial charge is 0.307 e. The molecular weight excluding hydrogens is 261 g/mol. The molecule has 0 saturated heterocycles. The van der Waals surface area contributed by atoms with Crippen LogP contribution < -0.4 is 5.32 Å². The van der Waals surface area contributed by atoms with Gasteiger partial charge in [-0.2, -0.15) is 0 Å². The van der Waals surface area contributed by atoms with Crippen molar-refractivity contribution in [1.82, 2.24) is 5.32 Å². The Balaban J connectivity index is 2.03. The second kappa shape index (κ2) is 7.40. The number of rotatable bonds is 6. The number of nitrogens with one attached hydrogen (secondary N) is 1. The van der Waals surface area contributed by atoms with Crippen LogP contribution >= 0.6 is 0 Å². The van der Waals surface area contributed by atoms with Crippen LogP contribution in [0.1, 0.15) is 77.3 Å². The van der Waals surface area contributed by atoms with E-state index in [2.05, 4.69) is 26.1 Å². The Labute approximate surface area is 129 Å². The highest BCUT2D eigenvalue weighted by Gasteiger charge is 2.29. The number of hydrogen-bond acceptors (Lipinski definition) is 1. The number of hydrogen-bond donors (Lipinski definition) is 1. The molecule has 1 aromatic rings. The average Bonchev–Trinajstić information content (AvgIpc) is 2.43. The quantitative estimate of drug-likeness (QED) is 0.717. The summed E-state index contributed by atoms with van der Waals surface area (Å²) in [5.74, 6) is -0.146. The highest BCUT2D eigenvalue weighted by atomic mass is 19.1. The molecule has 2 atom stereocenters. The Morgan fingerprint density at radius 1 is 1.29 bits per heavy atom. The molecule has 0 heterocycles. The smallest absolute Gasteiger partial charge is 0.123 e. The van der Waals surface area contributed by atoms with Crippen LogP contribution in [-0.2, 0) is 0 Å². The van der Waals surface area contributed by atoms with E-state index in [1.54, 1.807) is 12.1 Å². The molecule has 1 N–H and O–H groups in total. The van der Waals surface area contributed by atoms with Gasteiger partial charge in [0.15, 0.2) is 0 Å². The fourth-order valence-corrected chi connectivity index (χ4v) is 3.57. The minimum atomic E-state index is -0.146. The van der Waals surface area contributed by atoms with E-state index in [0.717, 1.165) is 6.42 Å². The summed E-state index contributed by atoms with van der Waals surface area (Å²) >= 11 is 0. The normalized spacial score (nSPS) is 23.0. The molecule has 0 spiro atoms. The van der Waals surface area contributed by atoms with Crippen LogP contribution in [0, 0.1) is 11.2 Å². The third-order valence-corrected chi connectivity index (χ3v) is 4.76. The molecule has 2 unspecified atom stereocenters. The van der Waals surface area contributed by atoms with Crippen molar-refractivity contribution >= 4 is 0 Å². The molecule has 21 heavy (non-hydrogen) atoms. The summed E-state index contributed by atoms with van der Waals surface area (Å²) in [6.45, 7) is 6.98. The molecule has 1 saturated carbocycles. The Hall–Kier alpha value is -0.890. The average molecular weight is 291 g/mol. The van der Waals surface area contributed by atoms with Gasteiger partial charge in [-0.05, 0) is 48.8 Å². The Kier molecular flexibility index (Phi) is 5.80. The van der Waals surface area contributed by atoms with Gasteiger partial charge in [-0.1, -0.05) is 52.2 Å². The van der Waals surface area contributed by atoms with E-state index in [4.69, 9.17) is 0 Å². The Morgan fingerprint density at radius 2 is 2.00 bits per heavy atom. The van der Waals surface area contributed by atoms with Crippen molar-refractivity contribution in [3.63, 3.8) is 0 Å². The molecule has 0 bridgehead atoms. The Bertz CT molecular complexity index is 424. The van der Waals surface area contributed by atoms with Crippen LogP contribution in [0.5, 0.6) is 0 Å². The van der Waals surface area contributed by atoms with E-state index in [-0.39, 0.29) is 5.82 Å². The molecule has 0 aliphatic heterocycles. The minimum Gasteiger partial charge on any atom is -0.307 e. The summed E-state index contributed by atoms with van der Waals surface area (Å²) in [5, 5.41) is 3.86. The molecule has 0 radical (unpaired) electrons. The summed E-state index contributed by atoms with van der Waals surface area (Å²) in [6.07, 6.45) is 8.72. The van der Waals surface area contributed by atoms with E-state index in [9.17, 15) is 4.39 Å². The van der Waals surface area contributed by atoms with Crippen molar-refractivity contribution < 1.29 is 4.39 Å². The molecule has 0 amide bonds. The predicted octanol–water partition coefficient (Wildman–Crippen LogP) is 5.62. The van der Waals surface area contributed by atoms with Crippen LogP contribution in [0.3, 0.4) is 0 Å². The zero-order valence-electron chi connectivity index (χ0n) is 13.8. The molecule has 1 aliphatic carbocycles. The standard InChI is InChI=1S/C19H30FN/c1-4-5-8-18(15-9-11-16(20)12-10-15)21-17-7-6-13-19(2,3)14-17/h9-12,17-18,21H,4-8,13-14H2,1-3H3. The van der Waals surface area contributed by atoms with Crippen molar-refractivity contribution in [3.8, 4) is 0 Å². The molecule has 0 aromatic heterocycles. The maximum Gasteiger partial charge on any atom is 0.123 e. The van der Waals surface area contributed by atoms with Crippen molar-refractivity contribution in [1.29, 1.82) is 0 Å². The lowest BCUT2D eigenvalue weighted by atomic mass is 9.75. The minimum absolute atomic E-state index is 0.146. The first-order valence-electron chi connectivity index (χ1n) is 8.52. The van der Waals surface area contributed by atoms with Crippen LogP contribution in [-0.4, -0.2) is 6.04 Å². The van der Waals surface area contributed by atoms with Gasteiger partial charge in [-0.15, -0.1) is 0 Å². The molecule has 1 fully saturated rings. The third-order valence-electron chi connectivity index (χ3n) is 4.76. The van der Waals surface area contributed by atoms with Crippen molar-refractivity contribution in [3.05, 3.63) is 35.6 Å². The SMILES string of the molecule is CCCCC(NC1CCCC(C)(C)C1)c1ccc(F)cc1. The number of unbranched alkanes of at least 4 members (excludes halogenated alkanes) is 1. The highest BCUT2D eigenvalue weighted by Crippen LogP contribution is 2.36. The van der Waals surface area contributed by atoms with Gasteiger partial charge in [0.05, 0.1) is 0 Å². The fourth-order valence-electron chi connectivity index (χ4n) is 3.57. The van der Waals surface area contributed by atoms with Gasteiger partial charge < -0.3 is 5.32 Å². The van der Waals surface area contributed by atoms with E-state index in [1.165, 1.54) is 44.1 Å². The monoisotopic (exact) mass is 291 g/mol. The van der Waals surface area contributed by atoms with E-state index < -0.39 is 0 Å². The van der Waals surface area contributed by atoms with Gasteiger partial charge in [0, 0.05) is 12.1 Å². The van der Waals surface area contributed by atoms with Gasteiger partial charge in [0.25, 0.3) is 0 Å². The van der Waals surface area contributed by atoms with Gasteiger partial charge in [0.1, 0.15) is 5.82 Å². The topological polar surface area (TPSA) is 12.0 Å². The lowest BCUT2D eigenvalue weighted by molar-refractivity contribution is 0.187. The number of benzene rings is 1. The summed E-state index contributed by atoms with van der Waals surface area (Å²) in [5.41, 5.74) is 1.68. The van der Waals surface area contributed by atoms with Crippen molar-refractivity contribution in [2.45, 2.75) is 77.8 Å². The maximum absolute atomic E-state index is 13.1. The molecule has 1 aliphatic rings. The molecule has 1 nitrogen and oxygen atoms in total. The number of halogens is 1. The molecular formula is C19H30FN. The van der Waals surface area contributed by atoms with Crippen LogP contribution in [0.25, 0.3) is 0 Å². The van der Waals surface area contributed by atoms with Gasteiger partial charge in [0.2, 0.25) is 0 Å². The first-order valence-corrected chi connectivity index (χ1v) is 8.52. The van der Waals surface area contributed by atoms with E-state index in [0.29, 0.717) is 17.5 Å². The zero-order chi connectivity index (χ0) is 15.3. The molecule has 1 aromatic carbocycles. The Morgan fingerprint density at radius 3 is 2.62 bits per heavy atom. The molecule has 2 heteroatoms. The summed E-state index contributed by atoms with van der Waals surface area (Å²) in [6, 6.07) is 8.01. The first-order chi connectivity index (χ1) is 10.00. The summed E-state index contributed by atoms with van der Waals surface area (Å²) in [4.78, 5) is 0. The lowest BCUT2D eigenvalue weighted by Crippen LogP contribution is -2.39. The second-order valence-corrected chi connectivity index (χ2v) is 7.37. The molecule has 2 rings (SSSR count). The van der Waals surface area contributed by atoms with Crippen molar-refractivity contribution in [2.75, 3.05) is 0 Å². The molecule has 118 valence electrons. The van der Waals surface area contributed by atoms with Gasteiger partial charge in [-0.25, -0.2) is 4.39 Å². The van der Waals surface area contributed by atoms with E-state index in [1.807, 2.05) is 12.1 Å². The van der Waals surface area contributed by atoms with Gasteiger partial charge >= 0.3 is 0 Å². The highest BCUT2D eigenvalue weighted by molar-refractivity contribution is 5.20. The van der Waals surface area contributed by atoms with Gasteiger partial charge in [-0.3, -0.25) is 0 Å². The zero-order valence-corrected chi connectivity index (χ0v) is 13.8. The van der Waals surface area contributed by atoms with E-state index >= 15 is 0 Å². The lowest BCUT2D eigenvalue weighted by Gasteiger charge is -2.37. The predicted molar refractivity (Wildman–Crippen MR) is 87.8 cm³/mol.